The Morgan fingerprint density at radius 2 is 2.06 bits per heavy atom. The molecule has 4 heteroatoms. The maximum absolute atomic E-state index is 13.4. The van der Waals surface area contributed by atoms with E-state index >= 15 is 0 Å². The summed E-state index contributed by atoms with van der Waals surface area (Å²) in [5.74, 6) is -0.488. The predicted molar refractivity (Wildman–Crippen MR) is 71.6 cm³/mol. The highest BCUT2D eigenvalue weighted by atomic mass is 19.1. The molecule has 1 aromatic rings. The van der Waals surface area contributed by atoms with Crippen molar-refractivity contribution < 1.29 is 9.18 Å². The molecule has 0 aliphatic carbocycles. The normalized spacial score (nSPS) is 11.7. The highest BCUT2D eigenvalue weighted by Gasteiger charge is 2.05. The number of carbonyl (C=O) groups is 1. The van der Waals surface area contributed by atoms with Gasteiger partial charge >= 0.3 is 0 Å². The van der Waals surface area contributed by atoms with E-state index < -0.39 is 0 Å². The van der Waals surface area contributed by atoms with E-state index in [-0.39, 0.29) is 11.7 Å². The average molecular weight is 250 g/mol. The second-order valence-electron chi connectivity index (χ2n) is 4.41. The van der Waals surface area contributed by atoms with E-state index in [4.69, 9.17) is 0 Å². The highest BCUT2D eigenvalue weighted by Crippen LogP contribution is 2.11. The summed E-state index contributed by atoms with van der Waals surface area (Å²) in [6.07, 6.45) is 1.56. The van der Waals surface area contributed by atoms with Gasteiger partial charge < -0.3 is 10.2 Å². The van der Waals surface area contributed by atoms with E-state index in [1.807, 2.05) is 19.0 Å². The average Bonchev–Trinajstić information content (AvgIpc) is 2.31. The molecule has 0 radical (unpaired) electrons. The van der Waals surface area contributed by atoms with Crippen molar-refractivity contribution in [3.05, 3.63) is 41.2 Å². The molecule has 98 valence electrons. The minimum atomic E-state index is -0.321. The largest absolute Gasteiger partial charge is 0.351 e. The summed E-state index contributed by atoms with van der Waals surface area (Å²) in [5, 5.41) is 2.78. The van der Waals surface area contributed by atoms with Crippen LogP contribution in [0.3, 0.4) is 0 Å². The number of hydrogen-bond acceptors (Lipinski definition) is 2. The van der Waals surface area contributed by atoms with Crippen LogP contribution in [0.5, 0.6) is 0 Å². The monoisotopic (exact) mass is 250 g/mol. The molecule has 1 rings (SSSR count). The van der Waals surface area contributed by atoms with Crippen LogP contribution in [0.2, 0.25) is 0 Å². The van der Waals surface area contributed by atoms with Crippen molar-refractivity contribution in [3.8, 4) is 0 Å². The molecule has 0 unspecified atom stereocenters. The van der Waals surface area contributed by atoms with Gasteiger partial charge in [0.15, 0.2) is 0 Å². The Morgan fingerprint density at radius 1 is 1.39 bits per heavy atom. The number of rotatable bonds is 5. The third-order valence-electron chi connectivity index (χ3n) is 2.48. The molecular formula is C14H19FN2O. The Hall–Kier alpha value is -1.68. The molecule has 0 fully saturated rings. The van der Waals surface area contributed by atoms with Crippen LogP contribution in [0.15, 0.2) is 29.8 Å². The summed E-state index contributed by atoms with van der Waals surface area (Å²) >= 11 is 0. The number of likely N-dealkylation sites (N-methyl/N-ethyl adjacent to an activating group) is 1. The van der Waals surface area contributed by atoms with Crippen molar-refractivity contribution in [3.63, 3.8) is 0 Å². The van der Waals surface area contributed by atoms with Crippen molar-refractivity contribution in [2.75, 3.05) is 27.2 Å². The number of benzene rings is 1. The van der Waals surface area contributed by atoms with Crippen molar-refractivity contribution >= 4 is 12.0 Å². The van der Waals surface area contributed by atoms with E-state index in [1.54, 1.807) is 31.2 Å². The van der Waals surface area contributed by atoms with Gasteiger partial charge in [-0.25, -0.2) is 4.39 Å². The zero-order chi connectivity index (χ0) is 13.5. The number of halogens is 1. The number of amides is 1. The number of nitrogens with zero attached hydrogens (tertiary/aromatic N) is 1. The third-order valence-corrected chi connectivity index (χ3v) is 2.48. The zero-order valence-electron chi connectivity index (χ0n) is 11.0. The molecule has 0 heterocycles. The minimum absolute atomic E-state index is 0.167. The van der Waals surface area contributed by atoms with Gasteiger partial charge in [-0.05, 0) is 33.2 Å². The lowest BCUT2D eigenvalue weighted by Crippen LogP contribution is -2.31. The van der Waals surface area contributed by atoms with Crippen molar-refractivity contribution in [1.29, 1.82) is 0 Å². The Bertz CT molecular complexity index is 441. The van der Waals surface area contributed by atoms with Crippen LogP contribution in [-0.2, 0) is 4.79 Å². The molecule has 0 aromatic heterocycles. The first-order valence-electron chi connectivity index (χ1n) is 5.86. The molecule has 18 heavy (non-hydrogen) atoms. The van der Waals surface area contributed by atoms with E-state index in [9.17, 15) is 9.18 Å². The van der Waals surface area contributed by atoms with E-state index in [0.29, 0.717) is 17.7 Å². The van der Waals surface area contributed by atoms with Gasteiger partial charge in [-0.1, -0.05) is 18.2 Å². The van der Waals surface area contributed by atoms with Gasteiger partial charge in [0.05, 0.1) is 0 Å². The maximum atomic E-state index is 13.4. The van der Waals surface area contributed by atoms with Crippen molar-refractivity contribution in [1.82, 2.24) is 10.2 Å². The van der Waals surface area contributed by atoms with Crippen LogP contribution >= 0.6 is 0 Å². The summed E-state index contributed by atoms with van der Waals surface area (Å²) in [4.78, 5) is 13.7. The van der Waals surface area contributed by atoms with Crippen molar-refractivity contribution in [2.45, 2.75) is 6.92 Å². The summed E-state index contributed by atoms with van der Waals surface area (Å²) in [7, 11) is 3.88. The van der Waals surface area contributed by atoms with Gasteiger partial charge in [0, 0.05) is 24.2 Å². The second-order valence-corrected chi connectivity index (χ2v) is 4.41. The lowest BCUT2D eigenvalue weighted by atomic mass is 10.1. The molecule has 0 bridgehead atoms. The standard InChI is InChI=1S/C14H19FN2O/c1-11(14(18)16-8-9-17(2)3)10-12-6-4-5-7-13(12)15/h4-7,10H,8-9H2,1-3H3,(H,16,18)/b11-10+. The predicted octanol–water partition coefficient (Wildman–Crippen LogP) is 1.91. The van der Waals surface area contributed by atoms with Crippen LogP contribution in [-0.4, -0.2) is 38.0 Å². The molecule has 0 spiro atoms. The van der Waals surface area contributed by atoms with Gasteiger partial charge in [0.1, 0.15) is 5.82 Å². The van der Waals surface area contributed by atoms with Gasteiger partial charge in [0.2, 0.25) is 5.91 Å². The Kier molecular flexibility index (Phi) is 5.52. The molecule has 0 aliphatic heterocycles. The molecule has 1 aromatic carbocycles. The topological polar surface area (TPSA) is 32.3 Å². The molecule has 0 saturated carbocycles. The molecule has 0 atom stereocenters. The summed E-state index contributed by atoms with van der Waals surface area (Å²) in [5.41, 5.74) is 0.927. The second kappa shape index (κ2) is 6.91. The molecule has 1 amide bonds. The summed E-state index contributed by atoms with van der Waals surface area (Å²) < 4.78 is 13.4. The number of nitrogens with one attached hydrogen (secondary N) is 1. The Morgan fingerprint density at radius 3 is 2.67 bits per heavy atom. The summed E-state index contributed by atoms with van der Waals surface area (Å²) in [6, 6.07) is 6.39. The maximum Gasteiger partial charge on any atom is 0.246 e. The SMILES string of the molecule is C/C(=C\c1ccccc1F)C(=O)NCCN(C)C. The van der Waals surface area contributed by atoms with E-state index in [0.717, 1.165) is 6.54 Å². The van der Waals surface area contributed by atoms with Crippen LogP contribution in [0.4, 0.5) is 4.39 Å². The van der Waals surface area contributed by atoms with E-state index in [1.165, 1.54) is 6.07 Å². The zero-order valence-corrected chi connectivity index (χ0v) is 11.0. The highest BCUT2D eigenvalue weighted by molar-refractivity contribution is 5.97. The smallest absolute Gasteiger partial charge is 0.246 e. The minimum Gasteiger partial charge on any atom is -0.351 e. The van der Waals surface area contributed by atoms with Crippen LogP contribution in [0.1, 0.15) is 12.5 Å². The molecular weight excluding hydrogens is 231 g/mol. The number of hydrogen-bond donors (Lipinski definition) is 1. The van der Waals surface area contributed by atoms with Crippen LogP contribution in [0.25, 0.3) is 6.08 Å². The number of carbonyl (C=O) groups excluding carboxylic acids is 1. The lowest BCUT2D eigenvalue weighted by molar-refractivity contribution is -0.117. The van der Waals surface area contributed by atoms with Crippen LogP contribution < -0.4 is 5.32 Å². The molecule has 0 aliphatic rings. The lowest BCUT2D eigenvalue weighted by Gasteiger charge is -2.10. The first-order valence-corrected chi connectivity index (χ1v) is 5.86. The third kappa shape index (κ3) is 4.67. The summed E-state index contributed by atoms with van der Waals surface area (Å²) in [6.45, 7) is 3.03. The Balaban J connectivity index is 2.61. The fourth-order valence-corrected chi connectivity index (χ4v) is 1.42. The fraction of sp³-hybridized carbons (Fsp3) is 0.357. The van der Waals surface area contributed by atoms with Crippen molar-refractivity contribution in [2.24, 2.45) is 0 Å². The first kappa shape index (κ1) is 14.4. The van der Waals surface area contributed by atoms with Gasteiger partial charge in [0.25, 0.3) is 0 Å². The Labute approximate surface area is 107 Å². The first-order chi connectivity index (χ1) is 8.50. The van der Waals surface area contributed by atoms with Crippen LogP contribution in [0, 0.1) is 5.82 Å². The van der Waals surface area contributed by atoms with Gasteiger partial charge in [-0.3, -0.25) is 4.79 Å². The van der Waals surface area contributed by atoms with Gasteiger partial charge in [-0.2, -0.15) is 0 Å². The fourth-order valence-electron chi connectivity index (χ4n) is 1.42. The molecule has 0 saturated heterocycles. The quantitative estimate of drug-likeness (QED) is 0.810. The van der Waals surface area contributed by atoms with Gasteiger partial charge in [-0.15, -0.1) is 0 Å². The molecule has 3 nitrogen and oxygen atoms in total. The van der Waals surface area contributed by atoms with E-state index in [2.05, 4.69) is 5.32 Å². The molecule has 1 N–H and O–H groups in total.